The standard InChI is InChI=1S/C24H23N3O/c1-16-9-11-20-21-12-10-17(2)25-24(21)28-23(20)22(16)26-13-14-27(18(3)15-26)19-7-5-4-6-8-19/h4-14,18H,15H2,1-3H3/t18-/m1/s1. The lowest BCUT2D eigenvalue weighted by atomic mass is 10.1. The molecule has 5 rings (SSSR count). The van der Waals surface area contributed by atoms with Crippen LogP contribution in [-0.4, -0.2) is 17.6 Å². The van der Waals surface area contributed by atoms with Gasteiger partial charge in [-0.3, -0.25) is 0 Å². The summed E-state index contributed by atoms with van der Waals surface area (Å²) in [5, 5.41) is 2.19. The molecule has 0 fully saturated rings. The van der Waals surface area contributed by atoms with Gasteiger partial charge in [0, 0.05) is 47.1 Å². The average molecular weight is 369 g/mol. The van der Waals surface area contributed by atoms with E-state index in [1.165, 1.54) is 11.3 Å². The van der Waals surface area contributed by atoms with Crippen LogP contribution in [0.4, 0.5) is 11.4 Å². The molecule has 1 aliphatic heterocycles. The van der Waals surface area contributed by atoms with Crippen LogP contribution in [-0.2, 0) is 0 Å². The van der Waals surface area contributed by atoms with Gasteiger partial charge in [0.15, 0.2) is 5.58 Å². The van der Waals surface area contributed by atoms with Crippen LogP contribution >= 0.6 is 0 Å². The Bertz CT molecular complexity index is 1190. The maximum absolute atomic E-state index is 6.24. The molecule has 0 saturated heterocycles. The molecule has 1 atom stereocenters. The highest BCUT2D eigenvalue weighted by Crippen LogP contribution is 2.38. The Morgan fingerprint density at radius 1 is 0.929 bits per heavy atom. The van der Waals surface area contributed by atoms with Crippen molar-refractivity contribution in [3.05, 3.63) is 78.3 Å². The third-order valence-electron chi connectivity index (χ3n) is 5.51. The van der Waals surface area contributed by atoms with Crippen LogP contribution in [0.25, 0.3) is 22.1 Å². The molecule has 2 aromatic carbocycles. The molecule has 1 aliphatic rings. The molecule has 0 radical (unpaired) electrons. The Labute approximate surface area is 164 Å². The second-order valence-electron chi connectivity index (χ2n) is 7.56. The number of benzene rings is 2. The molecule has 0 amide bonds. The lowest BCUT2D eigenvalue weighted by Gasteiger charge is -2.37. The summed E-state index contributed by atoms with van der Waals surface area (Å²) < 4.78 is 6.24. The fraction of sp³-hybridized carbons (Fsp3) is 0.208. The summed E-state index contributed by atoms with van der Waals surface area (Å²) in [7, 11) is 0. The van der Waals surface area contributed by atoms with Crippen molar-refractivity contribution in [2.75, 3.05) is 16.3 Å². The Kier molecular flexibility index (Phi) is 3.86. The van der Waals surface area contributed by atoms with Crippen molar-refractivity contribution in [1.82, 2.24) is 4.98 Å². The topological polar surface area (TPSA) is 32.5 Å². The number of furan rings is 1. The van der Waals surface area contributed by atoms with Gasteiger partial charge >= 0.3 is 0 Å². The number of aryl methyl sites for hydroxylation is 2. The fourth-order valence-electron chi connectivity index (χ4n) is 4.09. The molecule has 28 heavy (non-hydrogen) atoms. The smallest absolute Gasteiger partial charge is 0.227 e. The van der Waals surface area contributed by atoms with Crippen molar-refractivity contribution in [1.29, 1.82) is 0 Å². The van der Waals surface area contributed by atoms with E-state index in [0.717, 1.165) is 34.3 Å². The molecule has 3 heterocycles. The summed E-state index contributed by atoms with van der Waals surface area (Å²) in [6.45, 7) is 7.27. The van der Waals surface area contributed by atoms with Crippen LogP contribution in [0.15, 0.2) is 71.4 Å². The Balaban J connectivity index is 1.61. The first kappa shape index (κ1) is 16.9. The first-order valence-corrected chi connectivity index (χ1v) is 9.69. The minimum Gasteiger partial charge on any atom is -0.435 e. The third kappa shape index (κ3) is 2.64. The highest BCUT2D eigenvalue weighted by Gasteiger charge is 2.24. The molecular weight excluding hydrogens is 346 g/mol. The lowest BCUT2D eigenvalue weighted by molar-refractivity contribution is 0.642. The molecule has 140 valence electrons. The summed E-state index contributed by atoms with van der Waals surface area (Å²) in [4.78, 5) is 9.20. The van der Waals surface area contributed by atoms with E-state index in [9.17, 15) is 0 Å². The first-order valence-electron chi connectivity index (χ1n) is 9.69. The summed E-state index contributed by atoms with van der Waals surface area (Å²) in [5.41, 5.74) is 6.14. The Morgan fingerprint density at radius 3 is 2.50 bits per heavy atom. The largest absolute Gasteiger partial charge is 0.435 e. The van der Waals surface area contributed by atoms with Gasteiger partial charge in [-0.1, -0.05) is 30.3 Å². The van der Waals surface area contributed by atoms with Crippen LogP contribution < -0.4 is 9.80 Å². The molecule has 4 aromatic rings. The maximum atomic E-state index is 6.24. The van der Waals surface area contributed by atoms with Gasteiger partial charge in [-0.15, -0.1) is 0 Å². The molecule has 4 heteroatoms. The lowest BCUT2D eigenvalue weighted by Crippen LogP contribution is -2.42. The molecular formula is C24H23N3O. The summed E-state index contributed by atoms with van der Waals surface area (Å²) in [6, 6.07) is 19.3. The van der Waals surface area contributed by atoms with Crippen molar-refractivity contribution >= 4 is 33.4 Å². The number of para-hydroxylation sites is 1. The predicted molar refractivity (Wildman–Crippen MR) is 116 cm³/mol. The van der Waals surface area contributed by atoms with Gasteiger partial charge < -0.3 is 14.2 Å². The van der Waals surface area contributed by atoms with Crippen LogP contribution in [0.3, 0.4) is 0 Å². The molecule has 0 spiro atoms. The number of nitrogens with zero attached hydrogens (tertiary/aromatic N) is 3. The second-order valence-corrected chi connectivity index (χ2v) is 7.56. The average Bonchev–Trinajstić information content (AvgIpc) is 3.05. The van der Waals surface area contributed by atoms with Crippen molar-refractivity contribution < 1.29 is 4.42 Å². The van der Waals surface area contributed by atoms with Gasteiger partial charge in [0.25, 0.3) is 0 Å². The second kappa shape index (κ2) is 6.41. The highest BCUT2D eigenvalue weighted by atomic mass is 16.3. The van der Waals surface area contributed by atoms with E-state index in [2.05, 4.69) is 89.6 Å². The molecule has 0 unspecified atom stereocenters. The van der Waals surface area contributed by atoms with Crippen LogP contribution in [0, 0.1) is 13.8 Å². The maximum Gasteiger partial charge on any atom is 0.227 e. The van der Waals surface area contributed by atoms with Gasteiger partial charge in [0.1, 0.15) is 0 Å². The molecule has 0 aliphatic carbocycles. The number of fused-ring (bicyclic) bond motifs is 3. The Morgan fingerprint density at radius 2 is 1.71 bits per heavy atom. The molecule has 4 nitrogen and oxygen atoms in total. The zero-order valence-electron chi connectivity index (χ0n) is 16.4. The van der Waals surface area contributed by atoms with Crippen molar-refractivity contribution in [2.24, 2.45) is 0 Å². The van der Waals surface area contributed by atoms with E-state index < -0.39 is 0 Å². The minimum atomic E-state index is 0.340. The van der Waals surface area contributed by atoms with Gasteiger partial charge in [-0.05, 0) is 50.6 Å². The number of pyridine rings is 1. The van der Waals surface area contributed by atoms with Gasteiger partial charge in [-0.25, -0.2) is 4.98 Å². The normalized spacial score (nSPS) is 17.0. The van der Waals surface area contributed by atoms with Crippen molar-refractivity contribution in [2.45, 2.75) is 26.8 Å². The molecule has 0 bridgehead atoms. The summed E-state index contributed by atoms with van der Waals surface area (Å²) >= 11 is 0. The van der Waals surface area contributed by atoms with E-state index in [4.69, 9.17) is 4.42 Å². The van der Waals surface area contributed by atoms with Gasteiger partial charge in [0.2, 0.25) is 5.71 Å². The quantitative estimate of drug-likeness (QED) is 0.448. The molecule has 0 N–H and O–H groups in total. The van der Waals surface area contributed by atoms with Crippen LogP contribution in [0.5, 0.6) is 0 Å². The van der Waals surface area contributed by atoms with E-state index in [0.29, 0.717) is 11.8 Å². The number of hydrogen-bond acceptors (Lipinski definition) is 4. The highest BCUT2D eigenvalue weighted by molar-refractivity contribution is 6.08. The van der Waals surface area contributed by atoms with Crippen molar-refractivity contribution in [3.8, 4) is 0 Å². The van der Waals surface area contributed by atoms with Crippen molar-refractivity contribution in [3.63, 3.8) is 0 Å². The van der Waals surface area contributed by atoms with E-state index in [-0.39, 0.29) is 0 Å². The monoisotopic (exact) mass is 369 g/mol. The Hall–Kier alpha value is -3.27. The zero-order valence-corrected chi connectivity index (χ0v) is 16.4. The number of anilines is 2. The van der Waals surface area contributed by atoms with E-state index >= 15 is 0 Å². The molecule has 0 saturated carbocycles. The zero-order chi connectivity index (χ0) is 19.3. The van der Waals surface area contributed by atoms with Gasteiger partial charge in [0.05, 0.1) is 5.69 Å². The third-order valence-corrected chi connectivity index (χ3v) is 5.51. The van der Waals surface area contributed by atoms with Gasteiger partial charge in [-0.2, -0.15) is 0 Å². The SMILES string of the molecule is Cc1ccc2c(n1)oc1c(N3C=CN(c4ccccc4)[C@H](C)C3)c(C)ccc12. The first-order chi connectivity index (χ1) is 13.6. The minimum absolute atomic E-state index is 0.340. The molecule has 2 aromatic heterocycles. The number of hydrogen-bond donors (Lipinski definition) is 0. The van der Waals surface area contributed by atoms with E-state index in [1.54, 1.807) is 0 Å². The van der Waals surface area contributed by atoms with E-state index in [1.807, 2.05) is 13.0 Å². The number of aromatic nitrogens is 1. The summed E-state index contributed by atoms with van der Waals surface area (Å²) in [5.74, 6) is 0. The summed E-state index contributed by atoms with van der Waals surface area (Å²) in [6.07, 6.45) is 4.31. The fourth-order valence-corrected chi connectivity index (χ4v) is 4.09. The van der Waals surface area contributed by atoms with Crippen LogP contribution in [0.1, 0.15) is 18.2 Å². The van der Waals surface area contributed by atoms with Crippen LogP contribution in [0.2, 0.25) is 0 Å². The number of rotatable bonds is 2. The predicted octanol–water partition coefficient (Wildman–Crippen LogP) is 5.78.